The molecule has 0 N–H and O–H groups in total. The molecule has 26 heavy (non-hydrogen) atoms. The minimum absolute atomic E-state index is 0.0975. The number of ether oxygens (including phenoxy) is 2. The lowest BCUT2D eigenvalue weighted by molar-refractivity contribution is -0.137. The monoisotopic (exact) mass is 353 g/mol. The van der Waals surface area contributed by atoms with E-state index in [0.717, 1.165) is 38.0 Å². The van der Waals surface area contributed by atoms with Gasteiger partial charge in [-0.3, -0.25) is 4.79 Å². The molecule has 1 atom stereocenters. The summed E-state index contributed by atoms with van der Waals surface area (Å²) in [5, 5.41) is 0. The van der Waals surface area contributed by atoms with Gasteiger partial charge in [-0.25, -0.2) is 0 Å². The minimum atomic E-state index is 0.0975. The zero-order valence-electron chi connectivity index (χ0n) is 15.2. The Labute approximate surface area is 155 Å². The number of nitrogens with zero attached hydrogens (tertiary/aromatic N) is 1. The molecular formula is C22H27NO3. The molecule has 0 aromatic heterocycles. The molecule has 0 radical (unpaired) electrons. The van der Waals surface area contributed by atoms with Gasteiger partial charge in [0.1, 0.15) is 19.0 Å². The zero-order chi connectivity index (χ0) is 18.0. The molecule has 0 unspecified atom stereocenters. The van der Waals surface area contributed by atoms with Crippen molar-refractivity contribution in [3.8, 4) is 5.75 Å². The SMILES string of the molecule is O=C(COCCOc1ccccc1)N1CCC[C@@H]1CCc1ccccc1. The van der Waals surface area contributed by atoms with Crippen molar-refractivity contribution < 1.29 is 14.3 Å². The highest BCUT2D eigenvalue weighted by Gasteiger charge is 2.28. The van der Waals surface area contributed by atoms with Crippen LogP contribution in [0.4, 0.5) is 0 Å². The van der Waals surface area contributed by atoms with Gasteiger partial charge in [0.05, 0.1) is 6.61 Å². The van der Waals surface area contributed by atoms with Gasteiger partial charge in [-0.15, -0.1) is 0 Å². The van der Waals surface area contributed by atoms with Gasteiger partial charge in [-0.05, 0) is 43.4 Å². The Morgan fingerprint density at radius 3 is 2.50 bits per heavy atom. The number of aryl methyl sites for hydroxylation is 1. The van der Waals surface area contributed by atoms with Crippen LogP contribution < -0.4 is 4.74 Å². The number of para-hydroxylation sites is 1. The van der Waals surface area contributed by atoms with Crippen LogP contribution in [0.25, 0.3) is 0 Å². The summed E-state index contributed by atoms with van der Waals surface area (Å²) in [6, 6.07) is 20.4. The zero-order valence-corrected chi connectivity index (χ0v) is 15.2. The van der Waals surface area contributed by atoms with Crippen LogP contribution in [0.3, 0.4) is 0 Å². The Bertz CT molecular complexity index is 660. The summed E-state index contributed by atoms with van der Waals surface area (Å²) in [5.74, 6) is 0.920. The predicted molar refractivity (Wildman–Crippen MR) is 102 cm³/mol. The van der Waals surface area contributed by atoms with E-state index in [1.807, 2.05) is 41.3 Å². The van der Waals surface area contributed by atoms with Crippen LogP contribution in [0, 0.1) is 0 Å². The third-order valence-corrected chi connectivity index (χ3v) is 4.77. The van der Waals surface area contributed by atoms with Crippen molar-refractivity contribution in [3.63, 3.8) is 0 Å². The Hall–Kier alpha value is -2.33. The molecule has 2 aromatic rings. The second-order valence-corrected chi connectivity index (χ2v) is 6.62. The van der Waals surface area contributed by atoms with Gasteiger partial charge < -0.3 is 14.4 Å². The largest absolute Gasteiger partial charge is 0.491 e. The van der Waals surface area contributed by atoms with Crippen molar-refractivity contribution in [2.75, 3.05) is 26.4 Å². The second kappa shape index (κ2) is 9.97. The maximum absolute atomic E-state index is 12.5. The lowest BCUT2D eigenvalue weighted by Crippen LogP contribution is -2.38. The molecule has 4 heteroatoms. The Kier molecular flexibility index (Phi) is 7.08. The van der Waals surface area contributed by atoms with Gasteiger partial charge in [0.15, 0.2) is 0 Å². The molecule has 1 fully saturated rings. The van der Waals surface area contributed by atoms with Crippen LogP contribution in [0.15, 0.2) is 60.7 Å². The molecular weight excluding hydrogens is 326 g/mol. The van der Waals surface area contributed by atoms with Crippen LogP contribution in [0.5, 0.6) is 5.75 Å². The summed E-state index contributed by atoms with van der Waals surface area (Å²) in [7, 11) is 0. The van der Waals surface area contributed by atoms with E-state index >= 15 is 0 Å². The molecule has 0 aliphatic carbocycles. The Morgan fingerprint density at radius 2 is 1.73 bits per heavy atom. The van der Waals surface area contributed by atoms with Gasteiger partial charge >= 0.3 is 0 Å². The standard InChI is InChI=1S/C22H27NO3/c24-22(18-25-16-17-26-21-11-5-2-6-12-21)23-15-7-10-20(23)14-13-19-8-3-1-4-9-19/h1-6,8-9,11-12,20H,7,10,13-18H2/t20-/m1/s1. The van der Waals surface area contributed by atoms with E-state index in [1.165, 1.54) is 5.56 Å². The van der Waals surface area contributed by atoms with Gasteiger partial charge in [0.25, 0.3) is 0 Å². The summed E-state index contributed by atoms with van der Waals surface area (Å²) in [5.41, 5.74) is 1.33. The van der Waals surface area contributed by atoms with Crippen molar-refractivity contribution in [2.45, 2.75) is 31.7 Å². The summed E-state index contributed by atoms with van der Waals surface area (Å²) in [4.78, 5) is 14.5. The molecule has 138 valence electrons. The van der Waals surface area contributed by atoms with Crippen LogP contribution in [-0.4, -0.2) is 43.2 Å². The molecule has 1 aliphatic rings. The average Bonchev–Trinajstić information content (AvgIpc) is 3.16. The molecule has 2 aromatic carbocycles. The van der Waals surface area contributed by atoms with Crippen molar-refractivity contribution in [1.82, 2.24) is 4.90 Å². The van der Waals surface area contributed by atoms with Gasteiger partial charge in [0.2, 0.25) is 5.91 Å². The van der Waals surface area contributed by atoms with E-state index < -0.39 is 0 Å². The molecule has 3 rings (SSSR count). The lowest BCUT2D eigenvalue weighted by atomic mass is 10.0. The van der Waals surface area contributed by atoms with Crippen molar-refractivity contribution in [1.29, 1.82) is 0 Å². The number of amides is 1. The number of hydrogen-bond donors (Lipinski definition) is 0. The quantitative estimate of drug-likeness (QED) is 0.645. The summed E-state index contributed by atoms with van der Waals surface area (Å²) >= 11 is 0. The fourth-order valence-electron chi connectivity index (χ4n) is 3.42. The van der Waals surface area contributed by atoms with E-state index in [4.69, 9.17) is 9.47 Å². The van der Waals surface area contributed by atoms with E-state index in [9.17, 15) is 4.79 Å². The molecule has 1 heterocycles. The number of carbonyl (C=O) groups is 1. The molecule has 1 saturated heterocycles. The highest BCUT2D eigenvalue weighted by Crippen LogP contribution is 2.22. The third kappa shape index (κ3) is 5.60. The van der Waals surface area contributed by atoms with E-state index in [-0.39, 0.29) is 12.5 Å². The topological polar surface area (TPSA) is 38.8 Å². The van der Waals surface area contributed by atoms with Crippen LogP contribution >= 0.6 is 0 Å². The van der Waals surface area contributed by atoms with Crippen LogP contribution in [-0.2, 0) is 16.0 Å². The maximum atomic E-state index is 12.5. The van der Waals surface area contributed by atoms with E-state index in [1.54, 1.807) is 0 Å². The van der Waals surface area contributed by atoms with E-state index in [0.29, 0.717) is 19.3 Å². The summed E-state index contributed by atoms with van der Waals surface area (Å²) < 4.78 is 11.1. The van der Waals surface area contributed by atoms with Crippen molar-refractivity contribution in [3.05, 3.63) is 66.2 Å². The van der Waals surface area contributed by atoms with Gasteiger partial charge in [0, 0.05) is 12.6 Å². The molecule has 1 amide bonds. The number of hydrogen-bond acceptors (Lipinski definition) is 3. The van der Waals surface area contributed by atoms with Gasteiger partial charge in [-0.1, -0.05) is 48.5 Å². The van der Waals surface area contributed by atoms with E-state index in [2.05, 4.69) is 24.3 Å². The predicted octanol–water partition coefficient (Wildman–Crippen LogP) is 3.71. The summed E-state index contributed by atoms with van der Waals surface area (Å²) in [6.45, 7) is 1.86. The normalized spacial score (nSPS) is 16.6. The first-order chi connectivity index (χ1) is 12.8. The summed E-state index contributed by atoms with van der Waals surface area (Å²) in [6.07, 6.45) is 4.21. The van der Waals surface area contributed by atoms with Crippen molar-refractivity contribution in [2.24, 2.45) is 0 Å². The highest BCUT2D eigenvalue weighted by molar-refractivity contribution is 5.78. The van der Waals surface area contributed by atoms with Crippen LogP contribution in [0.2, 0.25) is 0 Å². The smallest absolute Gasteiger partial charge is 0.248 e. The molecule has 0 bridgehead atoms. The molecule has 4 nitrogen and oxygen atoms in total. The Balaban J connectivity index is 1.35. The minimum Gasteiger partial charge on any atom is -0.491 e. The van der Waals surface area contributed by atoms with Gasteiger partial charge in [-0.2, -0.15) is 0 Å². The van der Waals surface area contributed by atoms with Crippen molar-refractivity contribution >= 4 is 5.91 Å². The average molecular weight is 353 g/mol. The first-order valence-electron chi connectivity index (χ1n) is 9.42. The number of benzene rings is 2. The highest BCUT2D eigenvalue weighted by atomic mass is 16.5. The fraction of sp³-hybridized carbons (Fsp3) is 0.409. The number of rotatable bonds is 9. The second-order valence-electron chi connectivity index (χ2n) is 6.62. The third-order valence-electron chi connectivity index (χ3n) is 4.77. The first kappa shape index (κ1) is 18.5. The maximum Gasteiger partial charge on any atom is 0.248 e. The molecule has 1 aliphatic heterocycles. The van der Waals surface area contributed by atoms with Crippen LogP contribution in [0.1, 0.15) is 24.8 Å². The Morgan fingerprint density at radius 1 is 1.00 bits per heavy atom. The molecule has 0 spiro atoms. The molecule has 0 saturated carbocycles. The lowest BCUT2D eigenvalue weighted by Gasteiger charge is -2.24. The fourth-order valence-corrected chi connectivity index (χ4v) is 3.42. The number of likely N-dealkylation sites (tertiary alicyclic amines) is 1. The number of carbonyl (C=O) groups excluding carboxylic acids is 1. The first-order valence-corrected chi connectivity index (χ1v) is 9.42.